The lowest BCUT2D eigenvalue weighted by Crippen LogP contribution is -2.52. The van der Waals surface area contributed by atoms with E-state index < -0.39 is 10.0 Å². The van der Waals surface area contributed by atoms with Crippen molar-refractivity contribution in [2.45, 2.75) is 43.0 Å². The van der Waals surface area contributed by atoms with Gasteiger partial charge >= 0.3 is 0 Å². The van der Waals surface area contributed by atoms with Gasteiger partial charge in [0.2, 0.25) is 10.0 Å². The fourth-order valence-corrected chi connectivity index (χ4v) is 4.50. The summed E-state index contributed by atoms with van der Waals surface area (Å²) in [4.78, 5) is 0.0993. The first-order valence-corrected chi connectivity index (χ1v) is 8.81. The molecule has 21 heavy (non-hydrogen) atoms. The normalized spacial score (nSPS) is 16.7. The number of nitrogens with one attached hydrogen (secondary N) is 1. The van der Waals surface area contributed by atoms with Crippen molar-refractivity contribution in [2.24, 2.45) is 5.73 Å². The number of hydrogen-bond acceptors (Lipinski definition) is 3. The predicted octanol–water partition coefficient (Wildman–Crippen LogP) is 2.26. The Morgan fingerprint density at radius 3 is 2.62 bits per heavy atom. The third kappa shape index (κ3) is 3.58. The molecule has 1 aliphatic rings. The van der Waals surface area contributed by atoms with Crippen molar-refractivity contribution >= 4 is 21.6 Å². The first-order chi connectivity index (χ1) is 9.92. The monoisotopic (exact) mass is 326 g/mol. The van der Waals surface area contributed by atoms with E-state index in [2.05, 4.69) is 16.6 Å². The molecule has 1 fully saturated rings. The van der Waals surface area contributed by atoms with E-state index >= 15 is 0 Å². The highest BCUT2D eigenvalue weighted by Crippen LogP contribution is 2.36. The molecule has 4 nitrogen and oxygen atoms in total. The van der Waals surface area contributed by atoms with Gasteiger partial charge in [-0.15, -0.1) is 0 Å². The third-order valence-corrected chi connectivity index (χ3v) is 5.96. The fourth-order valence-electron chi connectivity index (χ4n) is 2.42. The fraction of sp³-hybridized carbons (Fsp3) is 0.467. The van der Waals surface area contributed by atoms with Gasteiger partial charge in [-0.3, -0.25) is 0 Å². The van der Waals surface area contributed by atoms with Crippen LogP contribution in [0.2, 0.25) is 5.02 Å². The van der Waals surface area contributed by atoms with Gasteiger partial charge in [-0.1, -0.05) is 30.4 Å². The van der Waals surface area contributed by atoms with E-state index in [1.165, 1.54) is 6.07 Å². The number of benzene rings is 1. The second-order valence-electron chi connectivity index (χ2n) is 5.24. The molecule has 0 aromatic heterocycles. The van der Waals surface area contributed by atoms with Gasteiger partial charge in [0, 0.05) is 11.1 Å². The number of nitrogens with two attached hydrogens (primary N) is 1. The summed E-state index contributed by atoms with van der Waals surface area (Å²) in [5, 5.41) is 0.178. The maximum absolute atomic E-state index is 12.5. The van der Waals surface area contributed by atoms with Gasteiger partial charge in [0.1, 0.15) is 4.90 Å². The highest BCUT2D eigenvalue weighted by atomic mass is 35.5. The van der Waals surface area contributed by atoms with Crippen LogP contribution in [0.15, 0.2) is 23.1 Å². The maximum atomic E-state index is 12.5. The summed E-state index contributed by atoms with van der Waals surface area (Å²) in [6, 6.07) is 4.69. The van der Waals surface area contributed by atoms with Crippen molar-refractivity contribution in [3.8, 4) is 11.8 Å². The molecule has 0 bridgehead atoms. The van der Waals surface area contributed by atoms with Crippen molar-refractivity contribution < 1.29 is 8.42 Å². The first-order valence-electron chi connectivity index (χ1n) is 6.95. The van der Waals surface area contributed by atoms with Crippen molar-refractivity contribution in [3.05, 3.63) is 28.8 Å². The molecular formula is C15H19ClN2O2S. The van der Waals surface area contributed by atoms with Crippen molar-refractivity contribution in [2.75, 3.05) is 6.54 Å². The number of halogens is 1. The van der Waals surface area contributed by atoms with Gasteiger partial charge in [0.25, 0.3) is 0 Å². The number of sulfonamides is 1. The largest absolute Gasteiger partial charge is 0.320 e. The van der Waals surface area contributed by atoms with Gasteiger partial charge in [0.05, 0.1) is 11.6 Å². The lowest BCUT2D eigenvalue weighted by molar-refractivity contribution is 0.214. The molecule has 1 aromatic carbocycles. The summed E-state index contributed by atoms with van der Waals surface area (Å²) in [7, 11) is -3.61. The van der Waals surface area contributed by atoms with Gasteiger partial charge in [-0.2, -0.15) is 0 Å². The summed E-state index contributed by atoms with van der Waals surface area (Å²) in [6.07, 6.45) is 3.59. The number of hydrogen-bond donors (Lipinski definition) is 2. The minimum absolute atomic E-state index is 0.0993. The van der Waals surface area contributed by atoms with Crippen LogP contribution in [0.1, 0.15) is 38.2 Å². The Morgan fingerprint density at radius 1 is 1.43 bits per heavy atom. The summed E-state index contributed by atoms with van der Waals surface area (Å²) in [5.41, 5.74) is 5.65. The minimum atomic E-state index is -3.61. The zero-order valence-electron chi connectivity index (χ0n) is 11.9. The van der Waals surface area contributed by atoms with Crippen LogP contribution in [0.3, 0.4) is 0 Å². The topological polar surface area (TPSA) is 72.2 Å². The summed E-state index contributed by atoms with van der Waals surface area (Å²) in [5.74, 6) is 5.54. The molecule has 0 spiro atoms. The maximum Gasteiger partial charge on any atom is 0.242 e. The summed E-state index contributed by atoms with van der Waals surface area (Å²) < 4.78 is 27.8. The van der Waals surface area contributed by atoms with E-state index in [4.69, 9.17) is 17.3 Å². The summed E-state index contributed by atoms with van der Waals surface area (Å²) in [6.45, 7) is 2.24. The van der Waals surface area contributed by atoms with Gasteiger partial charge in [-0.25, -0.2) is 13.1 Å². The van der Waals surface area contributed by atoms with E-state index in [1.807, 2.05) is 6.92 Å². The van der Waals surface area contributed by atoms with E-state index in [9.17, 15) is 8.42 Å². The molecular weight excluding hydrogens is 308 g/mol. The quantitative estimate of drug-likeness (QED) is 0.834. The lowest BCUT2D eigenvalue weighted by atomic mass is 9.76. The molecule has 0 unspecified atom stereocenters. The summed E-state index contributed by atoms with van der Waals surface area (Å²) >= 11 is 6.11. The molecule has 6 heteroatoms. The Morgan fingerprint density at radius 2 is 2.14 bits per heavy atom. The Balaban J connectivity index is 2.28. The molecule has 114 valence electrons. The Kier molecular flexibility index (Phi) is 4.95. The predicted molar refractivity (Wildman–Crippen MR) is 84.6 cm³/mol. The van der Waals surface area contributed by atoms with Gasteiger partial charge in [-0.05, 0) is 43.9 Å². The zero-order valence-corrected chi connectivity index (χ0v) is 13.5. The van der Waals surface area contributed by atoms with Crippen LogP contribution in [0.5, 0.6) is 0 Å². The van der Waals surface area contributed by atoms with Crippen LogP contribution in [0.4, 0.5) is 0 Å². The molecule has 0 radical (unpaired) electrons. The molecule has 1 saturated carbocycles. The van der Waals surface area contributed by atoms with Gasteiger partial charge < -0.3 is 5.73 Å². The second kappa shape index (κ2) is 6.37. The molecule has 0 aliphatic heterocycles. The third-order valence-electron chi connectivity index (χ3n) is 3.89. The Labute approximate surface area is 131 Å². The van der Waals surface area contributed by atoms with Crippen molar-refractivity contribution in [1.29, 1.82) is 0 Å². The zero-order chi connectivity index (χ0) is 15.5. The standard InChI is InChI=1S/C15H19ClN2O2S/c1-2-15(8-4-9-15)18-21(19,20)14-7-6-12(5-3-10-17)11-13(14)16/h6-7,11,18H,2,4,8-10,17H2,1H3. The van der Waals surface area contributed by atoms with E-state index in [0.717, 1.165) is 25.7 Å². The Hall–Kier alpha value is -1.06. The average Bonchev–Trinajstić information content (AvgIpc) is 2.40. The molecule has 1 aromatic rings. The van der Waals surface area contributed by atoms with Crippen LogP contribution >= 0.6 is 11.6 Å². The van der Waals surface area contributed by atoms with Crippen LogP contribution in [-0.4, -0.2) is 20.5 Å². The Bertz CT molecular complexity index is 680. The molecule has 0 heterocycles. The molecule has 0 amide bonds. The van der Waals surface area contributed by atoms with Crippen LogP contribution < -0.4 is 10.5 Å². The molecule has 0 atom stereocenters. The minimum Gasteiger partial charge on any atom is -0.320 e. The smallest absolute Gasteiger partial charge is 0.242 e. The van der Waals surface area contributed by atoms with Crippen LogP contribution in [0, 0.1) is 11.8 Å². The molecule has 1 aliphatic carbocycles. The number of rotatable bonds is 4. The van der Waals surface area contributed by atoms with Crippen molar-refractivity contribution in [1.82, 2.24) is 4.72 Å². The van der Waals surface area contributed by atoms with E-state index in [1.54, 1.807) is 12.1 Å². The second-order valence-corrected chi connectivity index (χ2v) is 7.30. The lowest BCUT2D eigenvalue weighted by Gasteiger charge is -2.41. The van der Waals surface area contributed by atoms with Crippen LogP contribution in [0.25, 0.3) is 0 Å². The van der Waals surface area contributed by atoms with Crippen LogP contribution in [-0.2, 0) is 10.0 Å². The highest BCUT2D eigenvalue weighted by molar-refractivity contribution is 7.89. The SMILES string of the molecule is CCC1(NS(=O)(=O)c2ccc(C#CCN)cc2Cl)CCC1. The highest BCUT2D eigenvalue weighted by Gasteiger charge is 2.39. The van der Waals surface area contributed by atoms with E-state index in [0.29, 0.717) is 5.56 Å². The molecule has 3 N–H and O–H groups in total. The van der Waals surface area contributed by atoms with E-state index in [-0.39, 0.29) is 22.0 Å². The molecule has 0 saturated heterocycles. The molecule has 2 rings (SSSR count). The average molecular weight is 327 g/mol. The van der Waals surface area contributed by atoms with Crippen molar-refractivity contribution in [3.63, 3.8) is 0 Å². The van der Waals surface area contributed by atoms with Gasteiger partial charge in [0.15, 0.2) is 0 Å². The first kappa shape index (κ1) is 16.3.